The lowest BCUT2D eigenvalue weighted by atomic mass is 10.1. The molecule has 0 saturated heterocycles. The van der Waals surface area contributed by atoms with Gasteiger partial charge in [0.25, 0.3) is 5.92 Å². The van der Waals surface area contributed by atoms with Gasteiger partial charge < -0.3 is 10.1 Å². The van der Waals surface area contributed by atoms with Gasteiger partial charge >= 0.3 is 6.09 Å². The molecule has 2 heterocycles. The van der Waals surface area contributed by atoms with E-state index in [9.17, 15) is 13.6 Å². The Bertz CT molecular complexity index is 699. The molecule has 0 fully saturated rings. The lowest BCUT2D eigenvalue weighted by Crippen LogP contribution is -2.40. The third-order valence-electron chi connectivity index (χ3n) is 2.85. The van der Waals surface area contributed by atoms with Gasteiger partial charge in [-0.3, -0.25) is 0 Å². The summed E-state index contributed by atoms with van der Waals surface area (Å²) in [5, 5.41) is 2.87. The number of carbonyl (C=O) groups is 1. The minimum Gasteiger partial charge on any atom is -0.444 e. The number of carbonyl (C=O) groups excluding carboxylic acids is 1. The molecule has 2 rings (SSSR count). The van der Waals surface area contributed by atoms with E-state index >= 15 is 0 Å². The van der Waals surface area contributed by atoms with Crippen LogP contribution in [0.4, 0.5) is 13.6 Å². The van der Waals surface area contributed by atoms with Crippen molar-refractivity contribution in [2.24, 2.45) is 0 Å². The fourth-order valence-electron chi connectivity index (χ4n) is 1.93. The first-order valence-corrected chi connectivity index (χ1v) is 7.20. The minimum absolute atomic E-state index is 0.215. The molecule has 0 bridgehead atoms. The number of ether oxygens (including phenoxy) is 1. The zero-order valence-corrected chi connectivity index (χ0v) is 13.3. The van der Waals surface area contributed by atoms with E-state index in [-0.39, 0.29) is 5.69 Å². The molecule has 2 aromatic rings. The van der Waals surface area contributed by atoms with Crippen LogP contribution in [0.2, 0.25) is 0 Å². The average Bonchev–Trinajstić information content (AvgIpc) is 2.43. The molecule has 0 unspecified atom stereocenters. The first-order valence-electron chi connectivity index (χ1n) is 7.20. The number of pyridine rings is 2. The van der Waals surface area contributed by atoms with Crippen molar-refractivity contribution >= 4 is 17.1 Å². The van der Waals surface area contributed by atoms with Gasteiger partial charge in [-0.1, -0.05) is 0 Å². The van der Waals surface area contributed by atoms with Gasteiger partial charge in [0, 0.05) is 17.3 Å². The van der Waals surface area contributed by atoms with E-state index in [0.717, 1.165) is 5.39 Å². The van der Waals surface area contributed by atoms with Crippen molar-refractivity contribution in [1.29, 1.82) is 0 Å². The van der Waals surface area contributed by atoms with Crippen LogP contribution in [0.1, 0.15) is 26.5 Å². The Hall–Kier alpha value is -2.31. The van der Waals surface area contributed by atoms with E-state index < -0.39 is 30.6 Å². The van der Waals surface area contributed by atoms with Crippen molar-refractivity contribution in [3.8, 4) is 0 Å². The summed E-state index contributed by atoms with van der Waals surface area (Å²) in [4.78, 5) is 19.6. The number of alkyl carbamates (subject to hydrolysis) is 1. The van der Waals surface area contributed by atoms with E-state index in [4.69, 9.17) is 4.74 Å². The van der Waals surface area contributed by atoms with Crippen molar-refractivity contribution < 1.29 is 18.3 Å². The molecule has 0 radical (unpaired) electrons. The Morgan fingerprint density at radius 3 is 2.70 bits per heavy atom. The van der Waals surface area contributed by atoms with Gasteiger partial charge in [-0.2, -0.15) is 0 Å². The fourth-order valence-corrected chi connectivity index (χ4v) is 1.93. The minimum atomic E-state index is -3.13. The van der Waals surface area contributed by atoms with Crippen LogP contribution in [-0.2, 0) is 11.2 Å². The van der Waals surface area contributed by atoms with Crippen LogP contribution < -0.4 is 5.32 Å². The number of rotatable bonds is 4. The summed E-state index contributed by atoms with van der Waals surface area (Å²) in [5.74, 6) is -3.13. The highest BCUT2D eigenvalue weighted by Gasteiger charge is 2.31. The Balaban J connectivity index is 1.97. The summed E-state index contributed by atoms with van der Waals surface area (Å²) >= 11 is 0. The van der Waals surface area contributed by atoms with Crippen LogP contribution in [0.3, 0.4) is 0 Å². The predicted octanol–water partition coefficient (Wildman–Crippen LogP) is 3.33. The molecule has 23 heavy (non-hydrogen) atoms. The first-order chi connectivity index (χ1) is 10.6. The number of alkyl halides is 2. The lowest BCUT2D eigenvalue weighted by molar-refractivity contribution is -0.00480. The molecule has 5 nitrogen and oxygen atoms in total. The van der Waals surface area contributed by atoms with Crippen LogP contribution in [0.15, 0.2) is 30.5 Å². The molecular weight excluding hydrogens is 304 g/mol. The molecule has 0 saturated carbocycles. The maximum Gasteiger partial charge on any atom is 0.407 e. The summed E-state index contributed by atoms with van der Waals surface area (Å²) in [5.41, 5.74) is -0.0987. The monoisotopic (exact) mass is 323 g/mol. The van der Waals surface area contributed by atoms with Crippen LogP contribution >= 0.6 is 0 Å². The quantitative estimate of drug-likeness (QED) is 0.937. The molecule has 0 spiro atoms. The number of nitrogens with zero attached hydrogens (tertiary/aromatic N) is 2. The molecule has 1 amide bonds. The molecule has 0 aromatic carbocycles. The number of aromatic nitrogens is 2. The van der Waals surface area contributed by atoms with Crippen molar-refractivity contribution in [2.75, 3.05) is 6.54 Å². The number of hydrogen-bond acceptors (Lipinski definition) is 4. The number of fused-ring (bicyclic) bond motifs is 1. The standard InChI is InChI=1S/C16H19F2N3O2/c1-15(2,3)23-14(22)20-10-16(17,18)9-12-7-6-11-5-4-8-19-13(11)21-12/h4-8H,9-10H2,1-3H3,(H,20,22). The molecule has 0 aliphatic heterocycles. The summed E-state index contributed by atoms with van der Waals surface area (Å²) < 4.78 is 32.9. The zero-order chi connectivity index (χ0) is 17.1. The second kappa shape index (κ2) is 6.44. The Morgan fingerprint density at radius 1 is 1.26 bits per heavy atom. The van der Waals surface area contributed by atoms with Crippen molar-refractivity contribution in [2.45, 2.75) is 38.7 Å². The highest BCUT2D eigenvalue weighted by atomic mass is 19.3. The van der Waals surface area contributed by atoms with E-state index in [0.29, 0.717) is 5.65 Å². The molecule has 2 aromatic heterocycles. The van der Waals surface area contributed by atoms with Gasteiger partial charge in [0.2, 0.25) is 0 Å². The van der Waals surface area contributed by atoms with Crippen LogP contribution in [0, 0.1) is 0 Å². The number of nitrogens with one attached hydrogen (secondary N) is 1. The Morgan fingerprint density at radius 2 is 2.00 bits per heavy atom. The highest BCUT2D eigenvalue weighted by molar-refractivity contribution is 5.74. The maximum atomic E-state index is 14.0. The van der Waals surface area contributed by atoms with Gasteiger partial charge in [-0.15, -0.1) is 0 Å². The van der Waals surface area contributed by atoms with Crippen LogP contribution in [0.5, 0.6) is 0 Å². The maximum absolute atomic E-state index is 14.0. The average molecular weight is 323 g/mol. The summed E-state index contributed by atoms with van der Waals surface area (Å²) in [6.45, 7) is 4.17. The van der Waals surface area contributed by atoms with Gasteiger partial charge in [0.1, 0.15) is 5.60 Å². The molecule has 1 N–H and O–H groups in total. The molecule has 0 aliphatic rings. The van der Waals surface area contributed by atoms with E-state index in [1.807, 2.05) is 0 Å². The van der Waals surface area contributed by atoms with E-state index in [1.165, 1.54) is 6.07 Å². The molecular formula is C16H19F2N3O2. The molecule has 0 aliphatic carbocycles. The number of amides is 1. The predicted molar refractivity (Wildman–Crippen MR) is 82.4 cm³/mol. The summed E-state index contributed by atoms with van der Waals surface area (Å²) in [7, 11) is 0. The number of hydrogen-bond donors (Lipinski definition) is 1. The first kappa shape index (κ1) is 17.1. The third-order valence-corrected chi connectivity index (χ3v) is 2.85. The highest BCUT2D eigenvalue weighted by Crippen LogP contribution is 2.20. The zero-order valence-electron chi connectivity index (χ0n) is 13.3. The molecule has 7 heteroatoms. The fraction of sp³-hybridized carbons (Fsp3) is 0.438. The smallest absolute Gasteiger partial charge is 0.407 e. The summed E-state index contributed by atoms with van der Waals surface area (Å²) in [6, 6.07) is 6.79. The topological polar surface area (TPSA) is 64.1 Å². The molecule has 124 valence electrons. The van der Waals surface area contributed by atoms with Crippen molar-refractivity contribution in [1.82, 2.24) is 15.3 Å². The Kier molecular flexibility index (Phi) is 4.77. The summed E-state index contributed by atoms with van der Waals surface area (Å²) in [6.07, 6.45) is 0.0988. The van der Waals surface area contributed by atoms with E-state index in [2.05, 4.69) is 15.3 Å². The lowest BCUT2D eigenvalue weighted by Gasteiger charge is -2.21. The second-order valence-electron chi connectivity index (χ2n) is 6.24. The van der Waals surface area contributed by atoms with Crippen molar-refractivity contribution in [3.63, 3.8) is 0 Å². The normalized spacial score (nSPS) is 12.2. The SMILES string of the molecule is CC(C)(C)OC(=O)NCC(F)(F)Cc1ccc2cccnc2n1. The van der Waals surface area contributed by atoms with Gasteiger partial charge in [-0.05, 0) is 45.0 Å². The number of halogens is 2. The molecule has 0 atom stereocenters. The largest absolute Gasteiger partial charge is 0.444 e. The second-order valence-corrected chi connectivity index (χ2v) is 6.24. The third kappa shape index (κ3) is 5.43. The van der Waals surface area contributed by atoms with E-state index in [1.54, 1.807) is 45.2 Å². The van der Waals surface area contributed by atoms with Gasteiger partial charge in [0.15, 0.2) is 5.65 Å². The van der Waals surface area contributed by atoms with Crippen LogP contribution in [-0.4, -0.2) is 34.1 Å². The van der Waals surface area contributed by atoms with Crippen LogP contribution in [0.25, 0.3) is 11.0 Å². The Labute approximate surface area is 133 Å². The van der Waals surface area contributed by atoms with Crippen molar-refractivity contribution in [3.05, 3.63) is 36.2 Å². The van der Waals surface area contributed by atoms with Gasteiger partial charge in [0.05, 0.1) is 13.0 Å². The van der Waals surface area contributed by atoms with Gasteiger partial charge in [-0.25, -0.2) is 23.5 Å².